The highest BCUT2D eigenvalue weighted by Crippen LogP contribution is 2.10. The van der Waals surface area contributed by atoms with E-state index in [2.05, 4.69) is 31.0 Å². The standard InChI is InChI=1S/C4H9N3OS2/c1-8-6-2-4(9)3-7(10)5-6/h2,5,9-10H,3H2,1H3. The lowest BCUT2D eigenvalue weighted by atomic mass is 10.6. The summed E-state index contributed by atoms with van der Waals surface area (Å²) in [7, 11) is 1.55. The van der Waals surface area contributed by atoms with Crippen LogP contribution >= 0.6 is 25.4 Å². The topological polar surface area (TPSA) is 27.7 Å². The molecule has 0 bridgehead atoms. The maximum Gasteiger partial charge on any atom is 0.0656 e. The van der Waals surface area contributed by atoms with Crippen LogP contribution < -0.4 is 5.53 Å². The first-order valence-electron chi connectivity index (χ1n) is 2.68. The van der Waals surface area contributed by atoms with Gasteiger partial charge in [-0.25, -0.2) is 0 Å². The number of thiol groups is 2. The highest BCUT2D eigenvalue weighted by Gasteiger charge is 2.11. The Morgan fingerprint density at radius 3 is 3.00 bits per heavy atom. The highest BCUT2D eigenvalue weighted by molar-refractivity contribution is 7.84. The Hall–Kier alpha value is 0.120. The first-order chi connectivity index (χ1) is 4.72. The second-order valence-corrected chi connectivity index (χ2v) is 2.84. The molecule has 0 spiro atoms. The van der Waals surface area contributed by atoms with E-state index in [1.165, 1.54) is 5.17 Å². The molecular formula is C4H9N3OS2. The average molecular weight is 179 g/mol. The first kappa shape index (κ1) is 8.22. The molecule has 0 fully saturated rings. The van der Waals surface area contributed by atoms with E-state index in [1.54, 1.807) is 17.7 Å². The third-order valence-electron chi connectivity index (χ3n) is 0.989. The van der Waals surface area contributed by atoms with E-state index in [9.17, 15) is 0 Å². The van der Waals surface area contributed by atoms with Crippen molar-refractivity contribution in [2.45, 2.75) is 0 Å². The van der Waals surface area contributed by atoms with Gasteiger partial charge in [0, 0.05) is 4.91 Å². The molecule has 0 unspecified atom stereocenters. The minimum Gasteiger partial charge on any atom is -0.261 e. The molecule has 0 aromatic carbocycles. The highest BCUT2D eigenvalue weighted by atomic mass is 32.1. The van der Waals surface area contributed by atoms with Crippen LogP contribution in [0.25, 0.3) is 0 Å². The van der Waals surface area contributed by atoms with Gasteiger partial charge in [-0.3, -0.25) is 4.84 Å². The number of nitrogens with zero attached hydrogens (tertiary/aromatic N) is 2. The van der Waals surface area contributed by atoms with Gasteiger partial charge in [-0.15, -0.1) is 18.2 Å². The third-order valence-corrected chi connectivity index (χ3v) is 1.48. The zero-order valence-corrected chi connectivity index (χ0v) is 7.27. The van der Waals surface area contributed by atoms with Crippen molar-refractivity contribution < 1.29 is 4.84 Å². The minimum atomic E-state index is 0.659. The normalized spacial score (nSPS) is 21.1. The molecule has 4 nitrogen and oxygen atoms in total. The van der Waals surface area contributed by atoms with Crippen LogP contribution in [-0.4, -0.2) is 23.2 Å². The number of rotatable bonds is 1. The molecular weight excluding hydrogens is 170 g/mol. The zero-order chi connectivity index (χ0) is 7.56. The van der Waals surface area contributed by atoms with Gasteiger partial charge in [-0.2, -0.15) is 9.59 Å². The van der Waals surface area contributed by atoms with Crippen molar-refractivity contribution >= 4 is 25.4 Å². The Labute approximate surface area is 70.7 Å². The summed E-state index contributed by atoms with van der Waals surface area (Å²) in [4.78, 5) is 5.72. The molecule has 0 aromatic rings. The molecule has 6 heteroatoms. The Morgan fingerprint density at radius 2 is 2.50 bits per heavy atom. The predicted molar refractivity (Wildman–Crippen MR) is 44.7 cm³/mol. The van der Waals surface area contributed by atoms with Crippen molar-refractivity contribution in [1.82, 2.24) is 15.1 Å². The van der Waals surface area contributed by atoms with E-state index in [0.717, 1.165) is 4.91 Å². The van der Waals surface area contributed by atoms with E-state index >= 15 is 0 Å². The fourth-order valence-corrected chi connectivity index (χ4v) is 1.20. The van der Waals surface area contributed by atoms with Gasteiger partial charge in [0.2, 0.25) is 0 Å². The second kappa shape index (κ2) is 3.49. The molecule has 0 atom stereocenters. The molecule has 1 aliphatic rings. The lowest BCUT2D eigenvalue weighted by molar-refractivity contribution is -0.164. The van der Waals surface area contributed by atoms with E-state index in [-0.39, 0.29) is 0 Å². The van der Waals surface area contributed by atoms with Crippen molar-refractivity contribution in [3.8, 4) is 0 Å². The van der Waals surface area contributed by atoms with Crippen LogP contribution in [0.1, 0.15) is 0 Å². The van der Waals surface area contributed by atoms with E-state index in [0.29, 0.717) is 6.54 Å². The zero-order valence-electron chi connectivity index (χ0n) is 5.48. The monoisotopic (exact) mass is 179 g/mol. The molecule has 0 saturated carbocycles. The van der Waals surface area contributed by atoms with Crippen LogP contribution in [0, 0.1) is 0 Å². The molecule has 0 radical (unpaired) electrons. The van der Waals surface area contributed by atoms with Gasteiger partial charge in [0.05, 0.1) is 19.9 Å². The van der Waals surface area contributed by atoms with Crippen molar-refractivity contribution in [3.63, 3.8) is 0 Å². The number of hydroxylamine groups is 1. The minimum absolute atomic E-state index is 0.659. The van der Waals surface area contributed by atoms with Gasteiger partial charge in [0.1, 0.15) is 0 Å². The van der Waals surface area contributed by atoms with Gasteiger partial charge >= 0.3 is 0 Å². The summed E-state index contributed by atoms with van der Waals surface area (Å²) in [6.45, 7) is 0.659. The summed E-state index contributed by atoms with van der Waals surface area (Å²) in [5.74, 6) is 0. The van der Waals surface area contributed by atoms with E-state index in [1.807, 2.05) is 0 Å². The van der Waals surface area contributed by atoms with Crippen LogP contribution in [0.15, 0.2) is 11.1 Å². The fourth-order valence-electron chi connectivity index (χ4n) is 0.601. The summed E-state index contributed by atoms with van der Waals surface area (Å²) < 4.78 is 1.56. The smallest absolute Gasteiger partial charge is 0.0656 e. The van der Waals surface area contributed by atoms with Crippen LogP contribution in [0.3, 0.4) is 0 Å². The van der Waals surface area contributed by atoms with Gasteiger partial charge < -0.3 is 0 Å². The average Bonchev–Trinajstić information content (AvgIpc) is 1.85. The number of hydrogen-bond acceptors (Lipinski definition) is 6. The van der Waals surface area contributed by atoms with Gasteiger partial charge in [0.25, 0.3) is 0 Å². The molecule has 58 valence electrons. The first-order valence-corrected chi connectivity index (χ1v) is 3.53. The maximum atomic E-state index is 4.84. The van der Waals surface area contributed by atoms with Crippen molar-refractivity contribution in [2.75, 3.05) is 13.7 Å². The lowest BCUT2D eigenvalue weighted by Gasteiger charge is -2.29. The van der Waals surface area contributed by atoms with Crippen LogP contribution in [0.4, 0.5) is 0 Å². The SMILES string of the molecule is CON1C=C(S)CN(S)N1. The van der Waals surface area contributed by atoms with Crippen molar-refractivity contribution in [1.29, 1.82) is 0 Å². The van der Waals surface area contributed by atoms with Crippen LogP contribution in [0.5, 0.6) is 0 Å². The number of nitrogens with one attached hydrogen (secondary N) is 1. The quantitative estimate of drug-likeness (QED) is 0.501. The molecule has 0 aliphatic carbocycles. The molecule has 0 saturated heterocycles. The van der Waals surface area contributed by atoms with Gasteiger partial charge in [-0.1, -0.05) is 12.8 Å². The summed E-state index contributed by atoms with van der Waals surface area (Å²) in [5, 5.41) is 1.42. The molecule has 0 aromatic heterocycles. The predicted octanol–water partition coefficient (Wildman–Crippen LogP) is 0.201. The second-order valence-electron chi connectivity index (χ2n) is 1.79. The molecule has 1 aliphatic heterocycles. The number of hydrogen-bond donors (Lipinski definition) is 3. The summed E-state index contributed by atoms with van der Waals surface area (Å²) >= 11 is 8.19. The van der Waals surface area contributed by atoms with Gasteiger partial charge in [-0.05, 0) is 0 Å². The Kier molecular flexibility index (Phi) is 2.87. The third kappa shape index (κ3) is 2.06. The number of hydrazine groups is 2. The summed E-state index contributed by atoms with van der Waals surface area (Å²) in [5.41, 5.74) is 2.78. The fraction of sp³-hybridized carbons (Fsp3) is 0.500. The largest absolute Gasteiger partial charge is 0.261 e. The Bertz CT molecular complexity index is 151. The Balaban J connectivity index is 2.55. The van der Waals surface area contributed by atoms with Crippen LogP contribution in [0.2, 0.25) is 0 Å². The molecule has 0 amide bonds. The van der Waals surface area contributed by atoms with Crippen molar-refractivity contribution in [2.24, 2.45) is 0 Å². The summed E-state index contributed by atoms with van der Waals surface area (Å²) in [6.07, 6.45) is 1.73. The molecule has 1 heterocycles. The van der Waals surface area contributed by atoms with Crippen molar-refractivity contribution in [3.05, 3.63) is 11.1 Å². The van der Waals surface area contributed by atoms with Gasteiger partial charge in [0.15, 0.2) is 0 Å². The molecule has 1 N–H and O–H groups in total. The Morgan fingerprint density at radius 1 is 1.80 bits per heavy atom. The maximum absolute atomic E-state index is 4.84. The lowest BCUT2D eigenvalue weighted by Crippen LogP contribution is -2.45. The van der Waals surface area contributed by atoms with E-state index < -0.39 is 0 Å². The molecule has 10 heavy (non-hydrogen) atoms. The molecule has 1 rings (SSSR count). The van der Waals surface area contributed by atoms with E-state index in [4.69, 9.17) is 4.84 Å². The van der Waals surface area contributed by atoms with Crippen LogP contribution in [-0.2, 0) is 4.84 Å². The summed E-state index contributed by atoms with van der Waals surface area (Å²) in [6, 6.07) is 0.